The summed E-state index contributed by atoms with van der Waals surface area (Å²) in [5.41, 5.74) is 5.85. The highest BCUT2D eigenvalue weighted by Gasteiger charge is 2.11. The first-order valence-electron chi connectivity index (χ1n) is 5.80. The summed E-state index contributed by atoms with van der Waals surface area (Å²) in [5.74, 6) is -0.754. The molecule has 1 heterocycles. The average molecular weight is 231 g/mol. The Morgan fingerprint density at radius 3 is 2.59 bits per heavy atom. The SMILES string of the molecule is Cc1ccc2c(C)c(CCC(=O)O)[nH]c2c1C. The third kappa shape index (κ3) is 2.05. The van der Waals surface area contributed by atoms with Crippen LogP contribution in [0.1, 0.15) is 28.8 Å². The van der Waals surface area contributed by atoms with Gasteiger partial charge in [-0.15, -0.1) is 0 Å². The van der Waals surface area contributed by atoms with E-state index in [1.165, 1.54) is 22.1 Å². The number of benzene rings is 1. The van der Waals surface area contributed by atoms with E-state index in [0.717, 1.165) is 11.2 Å². The van der Waals surface area contributed by atoms with Crippen LogP contribution in [-0.2, 0) is 11.2 Å². The minimum atomic E-state index is -0.754. The molecule has 0 saturated carbocycles. The summed E-state index contributed by atoms with van der Waals surface area (Å²) in [6, 6.07) is 4.22. The lowest BCUT2D eigenvalue weighted by atomic mass is 10.0. The van der Waals surface area contributed by atoms with Crippen molar-refractivity contribution in [2.75, 3.05) is 0 Å². The van der Waals surface area contributed by atoms with Gasteiger partial charge in [0, 0.05) is 16.6 Å². The van der Waals surface area contributed by atoms with Crippen molar-refractivity contribution in [1.29, 1.82) is 0 Å². The summed E-state index contributed by atoms with van der Waals surface area (Å²) in [6.45, 7) is 6.22. The second kappa shape index (κ2) is 4.24. The number of aryl methyl sites for hydroxylation is 4. The molecule has 0 radical (unpaired) electrons. The smallest absolute Gasteiger partial charge is 0.303 e. The zero-order chi connectivity index (χ0) is 12.6. The van der Waals surface area contributed by atoms with Gasteiger partial charge in [-0.05, 0) is 43.9 Å². The summed E-state index contributed by atoms with van der Waals surface area (Å²) in [6.07, 6.45) is 0.736. The van der Waals surface area contributed by atoms with E-state index in [-0.39, 0.29) is 6.42 Å². The number of carboxylic acid groups (broad SMARTS) is 1. The highest BCUT2D eigenvalue weighted by atomic mass is 16.4. The van der Waals surface area contributed by atoms with Crippen molar-refractivity contribution >= 4 is 16.9 Å². The maximum absolute atomic E-state index is 10.6. The molecule has 3 nitrogen and oxygen atoms in total. The second-order valence-corrected chi connectivity index (χ2v) is 4.55. The van der Waals surface area contributed by atoms with Crippen LogP contribution in [0, 0.1) is 20.8 Å². The fourth-order valence-corrected chi connectivity index (χ4v) is 2.18. The summed E-state index contributed by atoms with van der Waals surface area (Å²) in [5, 5.41) is 9.93. The maximum atomic E-state index is 10.6. The topological polar surface area (TPSA) is 53.1 Å². The number of aromatic nitrogens is 1. The number of fused-ring (bicyclic) bond motifs is 1. The molecule has 0 unspecified atom stereocenters. The largest absolute Gasteiger partial charge is 0.481 e. The normalized spacial score (nSPS) is 11.0. The Balaban J connectivity index is 2.49. The van der Waals surface area contributed by atoms with Crippen LogP contribution in [0.4, 0.5) is 0 Å². The molecular weight excluding hydrogens is 214 g/mol. The van der Waals surface area contributed by atoms with Gasteiger partial charge in [0.05, 0.1) is 6.42 Å². The average Bonchev–Trinajstić information content (AvgIpc) is 2.59. The number of nitrogens with one attached hydrogen (secondary N) is 1. The van der Waals surface area contributed by atoms with Crippen LogP contribution < -0.4 is 0 Å². The number of carbonyl (C=O) groups is 1. The molecule has 90 valence electrons. The maximum Gasteiger partial charge on any atom is 0.303 e. The van der Waals surface area contributed by atoms with Crippen LogP contribution in [0.15, 0.2) is 12.1 Å². The van der Waals surface area contributed by atoms with Crippen LogP contribution in [-0.4, -0.2) is 16.1 Å². The van der Waals surface area contributed by atoms with E-state index in [1.54, 1.807) is 0 Å². The number of carboxylic acids is 1. The molecule has 0 aliphatic rings. The van der Waals surface area contributed by atoms with E-state index in [9.17, 15) is 4.79 Å². The Bertz CT molecular complexity index is 581. The zero-order valence-corrected chi connectivity index (χ0v) is 10.4. The molecule has 0 aliphatic carbocycles. The number of aliphatic carboxylic acids is 1. The van der Waals surface area contributed by atoms with Crippen molar-refractivity contribution in [2.24, 2.45) is 0 Å². The van der Waals surface area contributed by atoms with Gasteiger partial charge in [-0.25, -0.2) is 0 Å². The molecule has 0 amide bonds. The highest BCUT2D eigenvalue weighted by Crippen LogP contribution is 2.26. The van der Waals surface area contributed by atoms with Crippen LogP contribution in [0.5, 0.6) is 0 Å². The second-order valence-electron chi connectivity index (χ2n) is 4.55. The zero-order valence-electron chi connectivity index (χ0n) is 10.4. The van der Waals surface area contributed by atoms with Gasteiger partial charge >= 0.3 is 5.97 Å². The van der Waals surface area contributed by atoms with Gasteiger partial charge in [-0.2, -0.15) is 0 Å². The van der Waals surface area contributed by atoms with Gasteiger partial charge in [0.25, 0.3) is 0 Å². The molecule has 0 atom stereocenters. The molecule has 3 heteroatoms. The number of hydrogen-bond acceptors (Lipinski definition) is 1. The van der Waals surface area contributed by atoms with E-state index >= 15 is 0 Å². The monoisotopic (exact) mass is 231 g/mol. The Morgan fingerprint density at radius 2 is 1.94 bits per heavy atom. The molecular formula is C14H17NO2. The van der Waals surface area contributed by atoms with Crippen molar-refractivity contribution in [1.82, 2.24) is 4.98 Å². The minimum absolute atomic E-state index is 0.172. The van der Waals surface area contributed by atoms with Crippen molar-refractivity contribution < 1.29 is 9.90 Å². The summed E-state index contributed by atoms with van der Waals surface area (Å²) in [4.78, 5) is 14.0. The first-order valence-corrected chi connectivity index (χ1v) is 5.80. The molecule has 0 saturated heterocycles. The fourth-order valence-electron chi connectivity index (χ4n) is 2.18. The van der Waals surface area contributed by atoms with Crippen molar-refractivity contribution in [3.8, 4) is 0 Å². The molecule has 0 fully saturated rings. The number of hydrogen-bond donors (Lipinski definition) is 2. The molecule has 0 spiro atoms. The van der Waals surface area contributed by atoms with E-state index in [2.05, 4.69) is 31.0 Å². The molecule has 2 aromatic rings. The van der Waals surface area contributed by atoms with Crippen LogP contribution in [0.25, 0.3) is 10.9 Å². The van der Waals surface area contributed by atoms with E-state index in [4.69, 9.17) is 5.11 Å². The van der Waals surface area contributed by atoms with Gasteiger partial charge in [0.2, 0.25) is 0 Å². The Kier molecular flexibility index (Phi) is 2.92. The first-order chi connectivity index (χ1) is 8.00. The van der Waals surface area contributed by atoms with Crippen molar-refractivity contribution in [3.05, 3.63) is 34.5 Å². The molecule has 1 aromatic carbocycles. The quantitative estimate of drug-likeness (QED) is 0.852. The number of rotatable bonds is 3. The van der Waals surface area contributed by atoms with Gasteiger partial charge in [-0.1, -0.05) is 12.1 Å². The standard InChI is InChI=1S/C14H17NO2/c1-8-4-5-11-10(3)12(6-7-13(16)17)15-14(11)9(8)2/h4-5,15H,6-7H2,1-3H3,(H,16,17). The molecule has 0 bridgehead atoms. The highest BCUT2D eigenvalue weighted by molar-refractivity contribution is 5.88. The fraction of sp³-hybridized carbons (Fsp3) is 0.357. The van der Waals surface area contributed by atoms with Crippen LogP contribution in [0.3, 0.4) is 0 Å². The molecule has 0 aliphatic heterocycles. The summed E-state index contributed by atoms with van der Waals surface area (Å²) in [7, 11) is 0. The molecule has 17 heavy (non-hydrogen) atoms. The minimum Gasteiger partial charge on any atom is -0.481 e. The third-order valence-electron chi connectivity index (χ3n) is 3.46. The lowest BCUT2D eigenvalue weighted by molar-refractivity contribution is -0.136. The number of aromatic amines is 1. The Morgan fingerprint density at radius 1 is 1.24 bits per heavy atom. The van der Waals surface area contributed by atoms with Gasteiger partial charge in [0.15, 0.2) is 0 Å². The van der Waals surface area contributed by atoms with E-state index < -0.39 is 5.97 Å². The predicted octanol–water partition coefficient (Wildman–Crippen LogP) is 3.11. The van der Waals surface area contributed by atoms with E-state index in [1.807, 2.05) is 6.92 Å². The Labute approximate surface area is 100 Å². The third-order valence-corrected chi connectivity index (χ3v) is 3.46. The first kappa shape index (κ1) is 11.7. The lowest BCUT2D eigenvalue weighted by Gasteiger charge is -2.00. The van der Waals surface area contributed by atoms with Gasteiger partial charge in [-0.3, -0.25) is 4.79 Å². The number of H-pyrrole nitrogens is 1. The van der Waals surface area contributed by atoms with Gasteiger partial charge in [0.1, 0.15) is 0 Å². The lowest BCUT2D eigenvalue weighted by Crippen LogP contribution is -1.98. The van der Waals surface area contributed by atoms with E-state index in [0.29, 0.717) is 6.42 Å². The van der Waals surface area contributed by atoms with Crippen molar-refractivity contribution in [2.45, 2.75) is 33.6 Å². The van der Waals surface area contributed by atoms with Crippen LogP contribution >= 0.6 is 0 Å². The van der Waals surface area contributed by atoms with Crippen LogP contribution in [0.2, 0.25) is 0 Å². The van der Waals surface area contributed by atoms with Crippen molar-refractivity contribution in [3.63, 3.8) is 0 Å². The molecule has 2 rings (SSSR count). The molecule has 2 N–H and O–H groups in total. The predicted molar refractivity (Wildman–Crippen MR) is 68.5 cm³/mol. The van der Waals surface area contributed by atoms with Gasteiger partial charge < -0.3 is 10.1 Å². The molecule has 1 aromatic heterocycles. The summed E-state index contributed by atoms with van der Waals surface area (Å²) < 4.78 is 0. The summed E-state index contributed by atoms with van der Waals surface area (Å²) >= 11 is 0. The Hall–Kier alpha value is -1.77.